The molecule has 0 amide bonds. The van der Waals surface area contributed by atoms with Gasteiger partial charge in [-0.1, -0.05) is 35.4 Å². The first-order valence-corrected chi connectivity index (χ1v) is 5.47. The fourth-order valence-corrected chi connectivity index (χ4v) is 1.73. The summed E-state index contributed by atoms with van der Waals surface area (Å²) in [5.74, 6) is 0.0538. The Labute approximate surface area is 98.8 Å². The van der Waals surface area contributed by atoms with E-state index in [4.69, 9.17) is 0 Å². The summed E-state index contributed by atoms with van der Waals surface area (Å²) in [5, 5.41) is 14.6. The van der Waals surface area contributed by atoms with Crippen molar-refractivity contribution in [3.8, 4) is 0 Å². The van der Waals surface area contributed by atoms with Crippen molar-refractivity contribution in [1.82, 2.24) is 9.78 Å². The second-order valence-electron chi connectivity index (χ2n) is 3.76. The highest BCUT2D eigenvalue weighted by Gasteiger charge is 2.12. The van der Waals surface area contributed by atoms with E-state index in [-0.39, 0.29) is 5.82 Å². The first kappa shape index (κ1) is 11.3. The minimum absolute atomic E-state index is 0.0538. The van der Waals surface area contributed by atoms with Crippen molar-refractivity contribution in [2.24, 2.45) is 0 Å². The Balaban J connectivity index is 1.90. The average Bonchev–Trinajstić information content (AvgIpc) is 2.79. The Bertz CT molecular complexity index is 493. The molecule has 0 saturated carbocycles. The van der Waals surface area contributed by atoms with Crippen LogP contribution in [0.15, 0.2) is 42.6 Å². The van der Waals surface area contributed by atoms with Gasteiger partial charge in [-0.3, -0.25) is 0 Å². The van der Waals surface area contributed by atoms with Crippen molar-refractivity contribution in [2.45, 2.75) is 19.4 Å². The molecule has 1 heterocycles. The summed E-state index contributed by atoms with van der Waals surface area (Å²) in [4.78, 5) is 10.3. The lowest BCUT2D eigenvalue weighted by Crippen LogP contribution is -2.05. The zero-order chi connectivity index (χ0) is 12.1. The zero-order valence-electron chi connectivity index (χ0n) is 9.32. The Morgan fingerprint density at radius 1 is 1.24 bits per heavy atom. The van der Waals surface area contributed by atoms with Gasteiger partial charge >= 0.3 is 5.82 Å². The molecule has 1 aromatic heterocycles. The number of nitro groups is 1. The van der Waals surface area contributed by atoms with Crippen LogP contribution >= 0.6 is 0 Å². The maximum Gasteiger partial charge on any atom is 0.344 e. The minimum atomic E-state index is -0.407. The fourth-order valence-electron chi connectivity index (χ4n) is 1.73. The Kier molecular flexibility index (Phi) is 3.49. The van der Waals surface area contributed by atoms with E-state index in [9.17, 15) is 10.1 Å². The van der Waals surface area contributed by atoms with Gasteiger partial charge < -0.3 is 10.1 Å². The summed E-state index contributed by atoms with van der Waals surface area (Å²) >= 11 is 0. The second-order valence-corrected chi connectivity index (χ2v) is 3.76. The van der Waals surface area contributed by atoms with Crippen molar-refractivity contribution in [3.05, 3.63) is 58.3 Å². The summed E-state index contributed by atoms with van der Waals surface area (Å²) in [6.45, 7) is 0.568. The largest absolute Gasteiger partial charge is 0.358 e. The average molecular weight is 231 g/mol. The van der Waals surface area contributed by atoms with Crippen LogP contribution in [0.25, 0.3) is 0 Å². The molecule has 17 heavy (non-hydrogen) atoms. The summed E-state index contributed by atoms with van der Waals surface area (Å²) in [7, 11) is 0. The third-order valence-corrected chi connectivity index (χ3v) is 2.56. The Morgan fingerprint density at radius 3 is 2.71 bits per heavy atom. The number of hydrogen-bond donors (Lipinski definition) is 0. The lowest BCUT2D eigenvalue weighted by Gasteiger charge is -2.00. The number of nitrogens with zero attached hydrogens (tertiary/aromatic N) is 3. The van der Waals surface area contributed by atoms with Gasteiger partial charge in [0.2, 0.25) is 0 Å². The maximum absolute atomic E-state index is 10.7. The molecule has 0 radical (unpaired) electrons. The van der Waals surface area contributed by atoms with Gasteiger partial charge in [-0.25, -0.2) is 0 Å². The van der Waals surface area contributed by atoms with E-state index in [2.05, 4.69) is 17.2 Å². The van der Waals surface area contributed by atoms with Crippen LogP contribution in [-0.4, -0.2) is 14.7 Å². The molecule has 0 bridgehead atoms. The quantitative estimate of drug-likeness (QED) is 0.586. The maximum atomic E-state index is 10.7. The summed E-state index contributed by atoms with van der Waals surface area (Å²) < 4.78 is 1.43. The molecule has 0 aliphatic carbocycles. The van der Waals surface area contributed by atoms with Gasteiger partial charge in [0.05, 0.1) is 12.3 Å². The van der Waals surface area contributed by atoms with Crippen molar-refractivity contribution >= 4 is 5.82 Å². The van der Waals surface area contributed by atoms with E-state index in [1.54, 1.807) is 0 Å². The summed E-state index contributed by atoms with van der Waals surface area (Å²) in [5.41, 5.74) is 1.24. The van der Waals surface area contributed by atoms with Crippen LogP contribution in [0.5, 0.6) is 0 Å². The fraction of sp³-hybridized carbons (Fsp3) is 0.250. The van der Waals surface area contributed by atoms with E-state index < -0.39 is 4.92 Å². The van der Waals surface area contributed by atoms with Gasteiger partial charge in [-0.2, -0.15) is 0 Å². The molecular weight excluding hydrogens is 218 g/mol. The van der Waals surface area contributed by atoms with E-state index in [1.807, 2.05) is 18.2 Å². The van der Waals surface area contributed by atoms with Gasteiger partial charge in [0.25, 0.3) is 0 Å². The van der Waals surface area contributed by atoms with Crippen LogP contribution in [0.1, 0.15) is 12.0 Å². The SMILES string of the molecule is O=[N+]([O-])c1ccnn1CCCc1ccccc1. The molecule has 2 rings (SSSR count). The van der Waals surface area contributed by atoms with Crippen LogP contribution < -0.4 is 0 Å². The predicted molar refractivity (Wildman–Crippen MR) is 63.6 cm³/mol. The molecule has 0 saturated heterocycles. The third-order valence-electron chi connectivity index (χ3n) is 2.56. The lowest BCUT2D eigenvalue weighted by atomic mass is 10.1. The van der Waals surface area contributed by atoms with Crippen molar-refractivity contribution in [3.63, 3.8) is 0 Å². The van der Waals surface area contributed by atoms with E-state index in [1.165, 1.54) is 22.5 Å². The third kappa shape index (κ3) is 2.90. The molecule has 88 valence electrons. The summed E-state index contributed by atoms with van der Waals surface area (Å²) in [6.07, 6.45) is 3.20. The Hall–Kier alpha value is -2.17. The topological polar surface area (TPSA) is 61.0 Å². The van der Waals surface area contributed by atoms with Crippen LogP contribution in [0.2, 0.25) is 0 Å². The van der Waals surface area contributed by atoms with Gasteiger partial charge in [0, 0.05) is 0 Å². The van der Waals surface area contributed by atoms with Crippen LogP contribution in [0.4, 0.5) is 5.82 Å². The molecule has 0 aliphatic heterocycles. The molecule has 0 unspecified atom stereocenters. The van der Waals surface area contributed by atoms with E-state index >= 15 is 0 Å². The molecule has 5 heteroatoms. The van der Waals surface area contributed by atoms with E-state index in [0.717, 1.165) is 12.8 Å². The minimum Gasteiger partial charge on any atom is -0.358 e. The number of aryl methyl sites for hydroxylation is 2. The molecule has 0 spiro atoms. The zero-order valence-corrected chi connectivity index (χ0v) is 9.32. The first-order valence-electron chi connectivity index (χ1n) is 5.47. The molecule has 5 nitrogen and oxygen atoms in total. The monoisotopic (exact) mass is 231 g/mol. The lowest BCUT2D eigenvalue weighted by molar-refractivity contribution is -0.392. The molecular formula is C12H13N3O2. The molecule has 0 N–H and O–H groups in total. The van der Waals surface area contributed by atoms with Crippen LogP contribution in [-0.2, 0) is 13.0 Å². The Morgan fingerprint density at radius 2 is 2.00 bits per heavy atom. The van der Waals surface area contributed by atoms with Gasteiger partial charge in [-0.15, -0.1) is 4.68 Å². The number of rotatable bonds is 5. The predicted octanol–water partition coefficient (Wildman–Crippen LogP) is 2.42. The van der Waals surface area contributed by atoms with Crippen molar-refractivity contribution < 1.29 is 4.92 Å². The molecule has 0 atom stereocenters. The highest BCUT2D eigenvalue weighted by Crippen LogP contribution is 2.11. The number of benzene rings is 1. The number of hydrogen-bond acceptors (Lipinski definition) is 3. The van der Waals surface area contributed by atoms with Crippen molar-refractivity contribution in [2.75, 3.05) is 0 Å². The number of aromatic nitrogens is 2. The molecule has 0 fully saturated rings. The van der Waals surface area contributed by atoms with Crippen LogP contribution in [0.3, 0.4) is 0 Å². The highest BCUT2D eigenvalue weighted by atomic mass is 16.6. The van der Waals surface area contributed by atoms with Gasteiger partial charge in [-0.05, 0) is 23.3 Å². The van der Waals surface area contributed by atoms with Crippen molar-refractivity contribution in [1.29, 1.82) is 0 Å². The summed E-state index contributed by atoms with van der Waals surface area (Å²) in [6, 6.07) is 11.5. The van der Waals surface area contributed by atoms with Crippen LogP contribution in [0, 0.1) is 10.1 Å². The first-order chi connectivity index (χ1) is 8.27. The normalized spacial score (nSPS) is 10.4. The molecule has 1 aromatic carbocycles. The van der Waals surface area contributed by atoms with E-state index in [0.29, 0.717) is 6.54 Å². The second kappa shape index (κ2) is 5.25. The molecule has 2 aromatic rings. The van der Waals surface area contributed by atoms with Gasteiger partial charge in [0.1, 0.15) is 6.54 Å². The van der Waals surface area contributed by atoms with Gasteiger partial charge in [0.15, 0.2) is 0 Å². The smallest absolute Gasteiger partial charge is 0.344 e. The molecule has 0 aliphatic rings. The standard InChI is InChI=1S/C12H13N3O2/c16-15(17)12-8-9-13-14(12)10-4-7-11-5-2-1-3-6-11/h1-3,5-6,8-9H,4,7,10H2. The highest BCUT2D eigenvalue weighted by molar-refractivity contribution is 5.17.